The fourth-order valence-electron chi connectivity index (χ4n) is 1.20. The van der Waals surface area contributed by atoms with Gasteiger partial charge in [0, 0.05) is 18.4 Å². The number of aldehydes is 1. The van der Waals surface area contributed by atoms with Gasteiger partial charge in [0.2, 0.25) is 0 Å². The first kappa shape index (κ1) is 15.3. The molecule has 0 fully saturated rings. The fraction of sp³-hybridized carbons (Fsp3) is 0.846. The van der Waals surface area contributed by atoms with Gasteiger partial charge in [-0.2, -0.15) is 0 Å². The van der Waals surface area contributed by atoms with Crippen molar-refractivity contribution in [1.82, 2.24) is 0 Å². The molecule has 0 bridgehead atoms. The number of carbonyl (C=O) groups excluding carboxylic acids is 2. The Morgan fingerprint density at radius 2 is 1.75 bits per heavy atom. The molecule has 16 heavy (non-hydrogen) atoms. The minimum Gasteiger partial charge on any atom is -0.376 e. The maximum absolute atomic E-state index is 10.9. The molecule has 0 unspecified atom stereocenters. The van der Waals surface area contributed by atoms with Crippen molar-refractivity contribution in [3.05, 3.63) is 0 Å². The van der Waals surface area contributed by atoms with Gasteiger partial charge >= 0.3 is 0 Å². The molecule has 94 valence electrons. The first-order chi connectivity index (χ1) is 7.18. The molecule has 0 saturated heterocycles. The molecule has 3 nitrogen and oxygen atoms in total. The van der Waals surface area contributed by atoms with E-state index in [1.807, 2.05) is 27.7 Å². The number of hydrogen-bond donors (Lipinski definition) is 0. The zero-order valence-corrected chi connectivity index (χ0v) is 11.1. The maximum Gasteiger partial charge on any atom is 0.129 e. The SMILES string of the molecule is CC(=O)CCC(C)(C)OCCC(C)(C)C=O. The number of hydrogen-bond acceptors (Lipinski definition) is 3. The second kappa shape index (κ2) is 6.14. The van der Waals surface area contributed by atoms with Crippen molar-refractivity contribution in [2.24, 2.45) is 5.41 Å². The molecule has 0 rings (SSSR count). The van der Waals surface area contributed by atoms with Crippen LogP contribution in [0, 0.1) is 5.41 Å². The lowest BCUT2D eigenvalue weighted by atomic mass is 9.92. The smallest absolute Gasteiger partial charge is 0.129 e. The average Bonchev–Trinajstić information content (AvgIpc) is 2.14. The van der Waals surface area contributed by atoms with Gasteiger partial charge in [-0.1, -0.05) is 13.8 Å². The molecule has 0 N–H and O–H groups in total. The van der Waals surface area contributed by atoms with Crippen molar-refractivity contribution in [1.29, 1.82) is 0 Å². The Bertz CT molecular complexity index is 242. The molecule has 0 aliphatic rings. The van der Waals surface area contributed by atoms with Crippen LogP contribution in [-0.4, -0.2) is 24.3 Å². The van der Waals surface area contributed by atoms with Gasteiger partial charge in [-0.05, 0) is 33.6 Å². The van der Waals surface area contributed by atoms with Crippen LogP contribution in [0.15, 0.2) is 0 Å². The summed E-state index contributed by atoms with van der Waals surface area (Å²) in [5, 5.41) is 0. The van der Waals surface area contributed by atoms with E-state index in [1.165, 1.54) is 0 Å². The van der Waals surface area contributed by atoms with Gasteiger partial charge in [0.05, 0.1) is 5.60 Å². The highest BCUT2D eigenvalue weighted by Gasteiger charge is 2.22. The van der Waals surface area contributed by atoms with Crippen LogP contribution >= 0.6 is 0 Å². The van der Waals surface area contributed by atoms with Crippen LogP contribution in [0.25, 0.3) is 0 Å². The maximum atomic E-state index is 10.9. The van der Waals surface area contributed by atoms with Crippen molar-refractivity contribution in [2.45, 2.75) is 59.5 Å². The number of ether oxygens (including phenoxy) is 1. The normalized spacial score (nSPS) is 12.6. The molecule has 0 aromatic carbocycles. The van der Waals surface area contributed by atoms with Gasteiger partial charge in [-0.3, -0.25) is 0 Å². The highest BCUT2D eigenvalue weighted by Crippen LogP contribution is 2.21. The lowest BCUT2D eigenvalue weighted by molar-refractivity contribution is -0.119. The monoisotopic (exact) mass is 228 g/mol. The van der Waals surface area contributed by atoms with Crippen LogP contribution in [0.2, 0.25) is 0 Å². The second-order valence-corrected chi connectivity index (χ2v) is 5.67. The van der Waals surface area contributed by atoms with E-state index in [4.69, 9.17) is 4.74 Å². The van der Waals surface area contributed by atoms with E-state index in [9.17, 15) is 9.59 Å². The van der Waals surface area contributed by atoms with Gasteiger partial charge in [0.15, 0.2) is 0 Å². The van der Waals surface area contributed by atoms with Gasteiger partial charge in [-0.15, -0.1) is 0 Å². The quantitative estimate of drug-likeness (QED) is 0.600. The molecule has 0 aromatic heterocycles. The van der Waals surface area contributed by atoms with E-state index in [1.54, 1.807) is 6.92 Å². The summed E-state index contributed by atoms with van der Waals surface area (Å²) < 4.78 is 5.71. The Balaban J connectivity index is 3.90. The van der Waals surface area contributed by atoms with Crippen LogP contribution in [0.5, 0.6) is 0 Å². The van der Waals surface area contributed by atoms with Crippen LogP contribution in [0.1, 0.15) is 53.9 Å². The summed E-state index contributed by atoms with van der Waals surface area (Å²) in [6.07, 6.45) is 2.94. The number of ketones is 1. The lowest BCUT2D eigenvalue weighted by Crippen LogP contribution is -2.27. The van der Waals surface area contributed by atoms with Crippen molar-refractivity contribution < 1.29 is 14.3 Å². The number of carbonyl (C=O) groups is 2. The zero-order chi connectivity index (χ0) is 12.8. The molecule has 0 saturated carbocycles. The molecule has 0 spiro atoms. The summed E-state index contributed by atoms with van der Waals surface area (Å²) in [6.45, 7) is 9.88. The first-order valence-electron chi connectivity index (χ1n) is 5.78. The summed E-state index contributed by atoms with van der Waals surface area (Å²) in [4.78, 5) is 21.6. The van der Waals surface area contributed by atoms with Crippen LogP contribution in [-0.2, 0) is 14.3 Å². The average molecular weight is 228 g/mol. The molecule has 0 aliphatic carbocycles. The van der Waals surface area contributed by atoms with Gasteiger partial charge in [-0.25, -0.2) is 0 Å². The predicted octanol–water partition coefficient (Wildman–Crippen LogP) is 2.77. The zero-order valence-electron chi connectivity index (χ0n) is 11.1. The third kappa shape index (κ3) is 7.57. The third-order valence-corrected chi connectivity index (χ3v) is 2.64. The van der Waals surface area contributed by atoms with Crippen LogP contribution in [0.3, 0.4) is 0 Å². The Morgan fingerprint density at radius 3 is 2.19 bits per heavy atom. The molecule has 0 heterocycles. The molecule has 0 aliphatic heterocycles. The first-order valence-corrected chi connectivity index (χ1v) is 5.78. The van der Waals surface area contributed by atoms with Crippen molar-refractivity contribution >= 4 is 12.1 Å². The molecular weight excluding hydrogens is 204 g/mol. The van der Waals surface area contributed by atoms with E-state index in [0.29, 0.717) is 19.4 Å². The summed E-state index contributed by atoms with van der Waals surface area (Å²) >= 11 is 0. The number of rotatable bonds is 8. The van der Waals surface area contributed by atoms with Crippen molar-refractivity contribution in [2.75, 3.05) is 6.61 Å². The summed E-state index contributed by atoms with van der Waals surface area (Å²) in [5.41, 5.74) is -0.610. The highest BCUT2D eigenvalue weighted by molar-refractivity contribution is 5.75. The van der Waals surface area contributed by atoms with E-state index >= 15 is 0 Å². The van der Waals surface area contributed by atoms with E-state index in [2.05, 4.69) is 0 Å². The minimum atomic E-state index is -0.323. The predicted molar refractivity (Wildman–Crippen MR) is 64.4 cm³/mol. The summed E-state index contributed by atoms with van der Waals surface area (Å²) in [7, 11) is 0. The van der Waals surface area contributed by atoms with Crippen LogP contribution < -0.4 is 0 Å². The molecular formula is C13H24O3. The lowest BCUT2D eigenvalue weighted by Gasteiger charge is -2.27. The van der Waals surface area contributed by atoms with Gasteiger partial charge in [0.1, 0.15) is 12.1 Å². The molecule has 3 heteroatoms. The minimum absolute atomic E-state index is 0.185. The van der Waals surface area contributed by atoms with Crippen LogP contribution in [0.4, 0.5) is 0 Å². The molecule has 0 amide bonds. The Labute approximate surface area is 98.6 Å². The van der Waals surface area contributed by atoms with E-state index < -0.39 is 0 Å². The topological polar surface area (TPSA) is 43.4 Å². The third-order valence-electron chi connectivity index (χ3n) is 2.64. The summed E-state index contributed by atoms with van der Waals surface area (Å²) in [6, 6.07) is 0. The number of Topliss-reactive ketones (excluding diaryl/α,β-unsaturated/α-hetero) is 1. The fourth-order valence-corrected chi connectivity index (χ4v) is 1.20. The van der Waals surface area contributed by atoms with Crippen molar-refractivity contribution in [3.8, 4) is 0 Å². The molecule has 0 aromatic rings. The highest BCUT2D eigenvalue weighted by atomic mass is 16.5. The van der Waals surface area contributed by atoms with E-state index in [-0.39, 0.29) is 16.8 Å². The molecule has 0 atom stereocenters. The largest absolute Gasteiger partial charge is 0.376 e. The van der Waals surface area contributed by atoms with Gasteiger partial charge < -0.3 is 14.3 Å². The summed E-state index contributed by atoms with van der Waals surface area (Å²) in [5.74, 6) is 0.185. The Hall–Kier alpha value is -0.700. The Morgan fingerprint density at radius 1 is 1.19 bits per heavy atom. The molecule has 0 radical (unpaired) electrons. The van der Waals surface area contributed by atoms with E-state index in [0.717, 1.165) is 12.7 Å². The Kier molecular flexibility index (Phi) is 5.87. The standard InChI is InChI=1S/C13H24O3/c1-11(15)6-7-13(4,5)16-9-8-12(2,3)10-14/h10H,6-9H2,1-5H3. The van der Waals surface area contributed by atoms with Gasteiger partial charge in [0.25, 0.3) is 0 Å². The van der Waals surface area contributed by atoms with Crippen molar-refractivity contribution in [3.63, 3.8) is 0 Å². The second-order valence-electron chi connectivity index (χ2n) is 5.67.